The van der Waals surface area contributed by atoms with Crippen LogP contribution in [-0.4, -0.2) is 26.9 Å². The summed E-state index contributed by atoms with van der Waals surface area (Å²) in [6.45, 7) is 8.23. The van der Waals surface area contributed by atoms with E-state index in [9.17, 15) is 4.79 Å². The average molecular weight is 315 g/mol. The summed E-state index contributed by atoms with van der Waals surface area (Å²) in [7, 11) is 0. The molecule has 0 bridgehead atoms. The maximum Gasteiger partial charge on any atom is 0.222 e. The number of amides is 1. The lowest BCUT2D eigenvalue weighted by atomic mass is 9.77. The monoisotopic (exact) mass is 315 g/mol. The largest absolute Gasteiger partial charge is 0.336 e. The van der Waals surface area contributed by atoms with Gasteiger partial charge in [0.05, 0.1) is 18.6 Å². The van der Waals surface area contributed by atoms with Crippen LogP contribution < -0.4 is 0 Å². The highest BCUT2D eigenvalue weighted by Gasteiger charge is 2.35. The second kappa shape index (κ2) is 6.50. The summed E-state index contributed by atoms with van der Waals surface area (Å²) in [5, 5.41) is 0. The molecule has 1 aromatic rings. The first kappa shape index (κ1) is 16.3. The van der Waals surface area contributed by atoms with Crippen LogP contribution >= 0.6 is 0 Å². The second-order valence-corrected chi connectivity index (χ2v) is 7.90. The highest BCUT2D eigenvalue weighted by atomic mass is 16.2. The third-order valence-corrected chi connectivity index (χ3v) is 5.21. The SMILES string of the molecule is CC(C)=CCC[C@]1(C)CCC(=O)N(Cc2cncn2C2CC2)C1. The van der Waals surface area contributed by atoms with Crippen molar-refractivity contribution in [3.05, 3.63) is 29.9 Å². The Hall–Kier alpha value is -1.58. The molecule has 3 rings (SSSR count). The zero-order valence-corrected chi connectivity index (χ0v) is 14.7. The van der Waals surface area contributed by atoms with Crippen LogP contribution in [0.5, 0.6) is 0 Å². The third kappa shape index (κ3) is 4.04. The first-order chi connectivity index (χ1) is 11.0. The number of rotatable bonds is 6. The van der Waals surface area contributed by atoms with Gasteiger partial charge in [0.1, 0.15) is 0 Å². The highest BCUT2D eigenvalue weighted by Crippen LogP contribution is 2.38. The van der Waals surface area contributed by atoms with Crippen molar-refractivity contribution < 1.29 is 4.79 Å². The van der Waals surface area contributed by atoms with Crippen LogP contribution in [0.4, 0.5) is 0 Å². The molecule has 0 aromatic carbocycles. The lowest BCUT2D eigenvalue weighted by Crippen LogP contribution is -2.44. The number of carbonyl (C=O) groups excluding carboxylic acids is 1. The normalized spacial score (nSPS) is 24.8. The Morgan fingerprint density at radius 3 is 2.91 bits per heavy atom. The first-order valence-corrected chi connectivity index (χ1v) is 8.89. The van der Waals surface area contributed by atoms with E-state index in [-0.39, 0.29) is 5.41 Å². The van der Waals surface area contributed by atoms with Crippen molar-refractivity contribution in [3.63, 3.8) is 0 Å². The lowest BCUT2D eigenvalue weighted by Gasteiger charge is -2.40. The average Bonchev–Trinajstić information content (AvgIpc) is 3.23. The Labute approximate surface area is 139 Å². The molecule has 0 N–H and O–H groups in total. The number of hydrogen-bond donors (Lipinski definition) is 0. The molecule has 1 saturated carbocycles. The Kier molecular flexibility index (Phi) is 4.60. The molecule has 1 aromatic heterocycles. The van der Waals surface area contributed by atoms with Gasteiger partial charge >= 0.3 is 0 Å². The van der Waals surface area contributed by atoms with Gasteiger partial charge in [-0.3, -0.25) is 4.79 Å². The van der Waals surface area contributed by atoms with Crippen molar-refractivity contribution in [2.45, 2.75) is 71.9 Å². The number of hydrogen-bond acceptors (Lipinski definition) is 2. The summed E-state index contributed by atoms with van der Waals surface area (Å²) >= 11 is 0. The van der Waals surface area contributed by atoms with Crippen LogP contribution in [0.2, 0.25) is 0 Å². The Morgan fingerprint density at radius 1 is 1.43 bits per heavy atom. The Bertz CT molecular complexity index is 596. The first-order valence-electron chi connectivity index (χ1n) is 8.89. The highest BCUT2D eigenvalue weighted by molar-refractivity contribution is 5.77. The molecule has 0 radical (unpaired) electrons. The van der Waals surface area contributed by atoms with Crippen molar-refractivity contribution in [1.82, 2.24) is 14.5 Å². The molecule has 4 nitrogen and oxygen atoms in total. The molecule has 1 saturated heterocycles. The minimum atomic E-state index is 0.240. The number of carbonyl (C=O) groups is 1. The van der Waals surface area contributed by atoms with Crippen molar-refractivity contribution in [1.29, 1.82) is 0 Å². The predicted molar refractivity (Wildman–Crippen MR) is 91.9 cm³/mol. The van der Waals surface area contributed by atoms with Gasteiger partial charge < -0.3 is 9.47 Å². The van der Waals surface area contributed by atoms with Gasteiger partial charge in [0.15, 0.2) is 0 Å². The molecule has 1 atom stereocenters. The molecule has 2 heterocycles. The summed E-state index contributed by atoms with van der Waals surface area (Å²) in [5.41, 5.74) is 2.81. The van der Waals surface area contributed by atoms with Crippen LogP contribution in [-0.2, 0) is 11.3 Å². The number of imidazole rings is 1. The smallest absolute Gasteiger partial charge is 0.222 e. The van der Waals surface area contributed by atoms with Gasteiger partial charge in [-0.1, -0.05) is 18.6 Å². The van der Waals surface area contributed by atoms with Gasteiger partial charge in [-0.05, 0) is 51.4 Å². The molecule has 4 heteroatoms. The fraction of sp³-hybridized carbons (Fsp3) is 0.684. The molecule has 126 valence electrons. The topological polar surface area (TPSA) is 38.1 Å². The third-order valence-electron chi connectivity index (χ3n) is 5.21. The summed E-state index contributed by atoms with van der Waals surface area (Å²) in [4.78, 5) is 18.7. The Balaban J connectivity index is 1.64. The van der Waals surface area contributed by atoms with Crippen molar-refractivity contribution in [2.24, 2.45) is 5.41 Å². The summed E-state index contributed by atoms with van der Waals surface area (Å²) in [6, 6.07) is 0.622. The van der Waals surface area contributed by atoms with E-state index in [0.29, 0.717) is 24.9 Å². The van der Waals surface area contributed by atoms with Gasteiger partial charge in [0, 0.05) is 25.2 Å². The van der Waals surface area contributed by atoms with E-state index in [2.05, 4.69) is 41.3 Å². The molecule has 1 aliphatic carbocycles. The van der Waals surface area contributed by atoms with Gasteiger partial charge in [0.2, 0.25) is 5.91 Å². The number of aromatic nitrogens is 2. The minimum absolute atomic E-state index is 0.240. The fourth-order valence-electron chi connectivity index (χ4n) is 3.58. The molecule has 2 fully saturated rings. The molecule has 23 heavy (non-hydrogen) atoms. The molecule has 1 aliphatic heterocycles. The van der Waals surface area contributed by atoms with E-state index in [4.69, 9.17) is 0 Å². The van der Waals surface area contributed by atoms with Gasteiger partial charge in [-0.15, -0.1) is 0 Å². The van der Waals surface area contributed by atoms with Crippen LogP contribution in [0.3, 0.4) is 0 Å². The zero-order valence-electron chi connectivity index (χ0n) is 14.7. The second-order valence-electron chi connectivity index (χ2n) is 7.90. The van der Waals surface area contributed by atoms with E-state index in [1.54, 1.807) is 0 Å². The van der Waals surface area contributed by atoms with Crippen molar-refractivity contribution in [2.75, 3.05) is 6.54 Å². The van der Waals surface area contributed by atoms with Gasteiger partial charge in [-0.25, -0.2) is 4.98 Å². The summed E-state index contributed by atoms with van der Waals surface area (Å²) < 4.78 is 2.27. The van der Waals surface area contributed by atoms with Crippen molar-refractivity contribution >= 4 is 5.91 Å². The Morgan fingerprint density at radius 2 is 2.22 bits per heavy atom. The number of nitrogens with zero attached hydrogens (tertiary/aromatic N) is 3. The lowest BCUT2D eigenvalue weighted by molar-refractivity contribution is -0.138. The van der Waals surface area contributed by atoms with Gasteiger partial charge in [0.25, 0.3) is 0 Å². The van der Waals surface area contributed by atoms with Crippen LogP contribution in [0, 0.1) is 5.41 Å². The predicted octanol–water partition coefficient (Wildman–Crippen LogP) is 4.09. The van der Waals surface area contributed by atoms with E-state index in [1.807, 2.05) is 12.5 Å². The number of piperidine rings is 1. The van der Waals surface area contributed by atoms with E-state index in [1.165, 1.54) is 24.1 Å². The minimum Gasteiger partial charge on any atom is -0.336 e. The van der Waals surface area contributed by atoms with E-state index >= 15 is 0 Å². The zero-order chi connectivity index (χ0) is 16.4. The van der Waals surface area contributed by atoms with E-state index < -0.39 is 0 Å². The maximum absolute atomic E-state index is 12.4. The standard InChI is InChI=1S/C19H29N3O/c1-15(2)5-4-9-19(3)10-8-18(23)21(13-19)12-17-11-20-14-22(17)16-6-7-16/h5,11,14,16H,4,6-10,12-13H2,1-3H3/t19-/m1/s1. The number of allylic oxidation sites excluding steroid dienone is 2. The fourth-order valence-corrected chi connectivity index (χ4v) is 3.58. The summed E-state index contributed by atoms with van der Waals surface area (Å²) in [5.74, 6) is 0.299. The van der Waals surface area contributed by atoms with Crippen molar-refractivity contribution in [3.8, 4) is 0 Å². The molecular weight excluding hydrogens is 286 g/mol. The van der Waals surface area contributed by atoms with Gasteiger partial charge in [-0.2, -0.15) is 0 Å². The molecule has 0 unspecified atom stereocenters. The quantitative estimate of drug-likeness (QED) is 0.741. The summed E-state index contributed by atoms with van der Waals surface area (Å²) in [6.07, 6.45) is 12.6. The van der Waals surface area contributed by atoms with Crippen LogP contribution in [0.1, 0.15) is 71.0 Å². The van der Waals surface area contributed by atoms with E-state index in [0.717, 1.165) is 25.8 Å². The molecular formula is C19H29N3O. The van der Waals surface area contributed by atoms with Crippen LogP contribution in [0.15, 0.2) is 24.2 Å². The van der Waals surface area contributed by atoms with Crippen LogP contribution in [0.25, 0.3) is 0 Å². The molecule has 2 aliphatic rings. The maximum atomic E-state index is 12.4. The molecule has 0 spiro atoms. The number of likely N-dealkylation sites (tertiary alicyclic amines) is 1. The molecule has 1 amide bonds.